The number of allylic oxidation sites excluding steroid dienone is 4. The van der Waals surface area contributed by atoms with Crippen LogP contribution >= 0.6 is 12.4 Å². The standard InChI is InChI=1S/C27H39NO7.ClH/c1-25-10-8-18(29)14-17(25)6-7-19-20-9-11-27(33,26(20,2)15-21(30)23(19)25)22(31)16-35-24(32)34-13-5-3-4-12-28;/h8,10,14,19-21,23,30,33H,3-7,9,11-13,15-16,28H2,1-2H3;1H/t19-,20-,21-,23+,25-,26-,27-;/m0./s1. The third-order valence-corrected chi connectivity index (χ3v) is 9.50. The van der Waals surface area contributed by atoms with E-state index in [4.69, 9.17) is 15.2 Å². The lowest BCUT2D eigenvalue weighted by molar-refractivity contribution is -0.179. The molecular formula is C27H40ClNO7. The van der Waals surface area contributed by atoms with Crippen molar-refractivity contribution >= 4 is 30.1 Å². The Kier molecular flexibility index (Phi) is 8.76. The van der Waals surface area contributed by atoms with Crippen molar-refractivity contribution in [2.24, 2.45) is 34.3 Å². The molecule has 202 valence electrons. The van der Waals surface area contributed by atoms with E-state index in [-0.39, 0.29) is 55.4 Å². The van der Waals surface area contributed by atoms with Gasteiger partial charge in [0.2, 0.25) is 5.78 Å². The second-order valence-corrected chi connectivity index (χ2v) is 11.3. The maximum absolute atomic E-state index is 13.2. The molecule has 0 amide bonds. The van der Waals surface area contributed by atoms with Crippen molar-refractivity contribution in [1.29, 1.82) is 0 Å². The summed E-state index contributed by atoms with van der Waals surface area (Å²) in [6.45, 7) is 4.21. The lowest BCUT2D eigenvalue weighted by atomic mass is 9.46. The molecule has 4 rings (SSSR count). The van der Waals surface area contributed by atoms with Crippen molar-refractivity contribution in [3.05, 3.63) is 23.8 Å². The fourth-order valence-electron chi connectivity index (χ4n) is 7.65. The number of rotatable bonds is 8. The summed E-state index contributed by atoms with van der Waals surface area (Å²) in [5.41, 5.74) is 3.59. The van der Waals surface area contributed by atoms with Gasteiger partial charge < -0.3 is 25.4 Å². The minimum absolute atomic E-state index is 0. The summed E-state index contributed by atoms with van der Waals surface area (Å²) in [4.78, 5) is 37.1. The van der Waals surface area contributed by atoms with E-state index in [1.54, 1.807) is 12.2 Å². The smallest absolute Gasteiger partial charge is 0.434 e. The summed E-state index contributed by atoms with van der Waals surface area (Å²) >= 11 is 0. The van der Waals surface area contributed by atoms with Gasteiger partial charge in [-0.1, -0.05) is 25.5 Å². The van der Waals surface area contributed by atoms with Gasteiger partial charge in [-0.05, 0) is 81.9 Å². The minimum atomic E-state index is -1.68. The Bertz CT molecular complexity index is 935. The molecule has 0 heterocycles. The Morgan fingerprint density at radius 3 is 2.64 bits per heavy atom. The molecule has 0 spiro atoms. The van der Waals surface area contributed by atoms with Gasteiger partial charge in [-0.25, -0.2) is 4.79 Å². The van der Waals surface area contributed by atoms with Crippen LogP contribution < -0.4 is 5.73 Å². The van der Waals surface area contributed by atoms with Crippen LogP contribution in [0.2, 0.25) is 0 Å². The van der Waals surface area contributed by atoms with E-state index >= 15 is 0 Å². The van der Waals surface area contributed by atoms with E-state index in [0.29, 0.717) is 19.4 Å². The van der Waals surface area contributed by atoms with E-state index in [0.717, 1.165) is 31.3 Å². The molecule has 3 saturated carbocycles. The molecule has 0 aliphatic heterocycles. The molecule has 0 saturated heterocycles. The second kappa shape index (κ2) is 10.9. The molecule has 3 fully saturated rings. The van der Waals surface area contributed by atoms with Gasteiger partial charge in [0.1, 0.15) is 5.60 Å². The highest BCUT2D eigenvalue weighted by Crippen LogP contribution is 2.67. The largest absolute Gasteiger partial charge is 0.508 e. The van der Waals surface area contributed by atoms with Crippen LogP contribution in [0, 0.1) is 28.6 Å². The fourth-order valence-corrected chi connectivity index (χ4v) is 7.65. The van der Waals surface area contributed by atoms with Crippen molar-refractivity contribution in [3.63, 3.8) is 0 Å². The van der Waals surface area contributed by atoms with Crippen LogP contribution in [0.15, 0.2) is 23.8 Å². The molecule has 36 heavy (non-hydrogen) atoms. The summed E-state index contributed by atoms with van der Waals surface area (Å²) in [7, 11) is 0. The Morgan fingerprint density at radius 2 is 1.92 bits per heavy atom. The van der Waals surface area contributed by atoms with E-state index < -0.39 is 41.1 Å². The molecule has 8 nitrogen and oxygen atoms in total. The summed E-state index contributed by atoms with van der Waals surface area (Å²) in [6, 6.07) is 0. The minimum Gasteiger partial charge on any atom is -0.434 e. The van der Waals surface area contributed by atoms with Crippen LogP contribution in [0.4, 0.5) is 4.79 Å². The lowest BCUT2D eigenvalue weighted by Gasteiger charge is -2.59. The molecule has 4 aliphatic carbocycles. The summed E-state index contributed by atoms with van der Waals surface area (Å²) in [6.07, 6.45) is 8.73. The van der Waals surface area contributed by atoms with E-state index in [1.807, 2.05) is 13.0 Å². The van der Waals surface area contributed by atoms with E-state index in [9.17, 15) is 24.6 Å². The molecule has 7 atom stereocenters. The zero-order valence-corrected chi connectivity index (χ0v) is 22.1. The first kappa shape index (κ1) is 28.8. The first-order valence-electron chi connectivity index (χ1n) is 12.9. The van der Waals surface area contributed by atoms with Crippen molar-refractivity contribution in [1.82, 2.24) is 0 Å². The van der Waals surface area contributed by atoms with Crippen molar-refractivity contribution < 1.29 is 34.1 Å². The third kappa shape index (κ3) is 4.77. The van der Waals surface area contributed by atoms with Gasteiger partial charge in [0.25, 0.3) is 0 Å². The summed E-state index contributed by atoms with van der Waals surface area (Å²) in [5, 5.41) is 23.1. The van der Waals surface area contributed by atoms with Crippen LogP contribution in [0.5, 0.6) is 0 Å². The van der Waals surface area contributed by atoms with Crippen LogP contribution in [-0.4, -0.2) is 59.4 Å². The average Bonchev–Trinajstić information content (AvgIpc) is 3.08. The number of ketones is 2. The van der Waals surface area contributed by atoms with Crippen LogP contribution in [0.3, 0.4) is 0 Å². The Labute approximate surface area is 219 Å². The number of halogens is 1. The monoisotopic (exact) mass is 525 g/mol. The number of aliphatic hydroxyl groups is 2. The topological polar surface area (TPSA) is 136 Å². The van der Waals surface area contributed by atoms with Crippen molar-refractivity contribution in [2.45, 2.75) is 76.9 Å². The Balaban J connectivity index is 0.00000361. The number of nitrogens with two attached hydrogens (primary N) is 1. The molecule has 0 aromatic heterocycles. The highest BCUT2D eigenvalue weighted by Gasteiger charge is 2.68. The van der Waals surface area contributed by atoms with E-state index in [2.05, 4.69) is 6.92 Å². The molecule has 4 aliphatic rings. The molecule has 0 aromatic rings. The first-order valence-corrected chi connectivity index (χ1v) is 12.9. The number of Topliss-reactive ketones (excluding diaryl/α,β-unsaturated/α-hetero) is 1. The zero-order valence-electron chi connectivity index (χ0n) is 21.2. The summed E-state index contributed by atoms with van der Waals surface area (Å²) < 4.78 is 10.0. The number of hydrogen-bond acceptors (Lipinski definition) is 8. The van der Waals surface area contributed by atoms with Crippen molar-refractivity contribution in [2.75, 3.05) is 19.8 Å². The van der Waals surface area contributed by atoms with Gasteiger partial charge in [-0.2, -0.15) is 0 Å². The van der Waals surface area contributed by atoms with Gasteiger partial charge in [0.15, 0.2) is 12.4 Å². The molecule has 0 radical (unpaired) electrons. The molecule has 0 unspecified atom stereocenters. The van der Waals surface area contributed by atoms with Gasteiger partial charge in [-0.3, -0.25) is 9.59 Å². The van der Waals surface area contributed by atoms with Crippen LogP contribution in [0.1, 0.15) is 65.2 Å². The number of ether oxygens (including phenoxy) is 2. The molecule has 0 bridgehead atoms. The molecule has 4 N–H and O–H groups in total. The fraction of sp³-hybridized carbons (Fsp3) is 0.741. The number of fused-ring (bicyclic) bond motifs is 5. The number of hydrogen-bond donors (Lipinski definition) is 3. The number of carbonyl (C=O) groups is 3. The highest BCUT2D eigenvalue weighted by atomic mass is 35.5. The second-order valence-electron chi connectivity index (χ2n) is 11.3. The van der Waals surface area contributed by atoms with Crippen LogP contribution in [-0.2, 0) is 19.1 Å². The Hall–Kier alpha value is -1.74. The normalized spacial score (nSPS) is 38.7. The van der Waals surface area contributed by atoms with E-state index in [1.165, 1.54) is 0 Å². The summed E-state index contributed by atoms with van der Waals surface area (Å²) in [5.74, 6) is -0.471. The van der Waals surface area contributed by atoms with Gasteiger partial charge in [0, 0.05) is 16.7 Å². The number of unbranched alkanes of at least 4 members (excludes halogenated alkanes) is 2. The maximum Gasteiger partial charge on any atom is 0.508 e. The van der Waals surface area contributed by atoms with Gasteiger partial charge in [-0.15, -0.1) is 12.4 Å². The highest BCUT2D eigenvalue weighted by molar-refractivity contribution is 6.01. The number of carbonyl (C=O) groups excluding carboxylic acids is 3. The number of aliphatic hydroxyl groups excluding tert-OH is 1. The maximum atomic E-state index is 13.2. The zero-order chi connectivity index (χ0) is 25.4. The van der Waals surface area contributed by atoms with Crippen molar-refractivity contribution in [3.8, 4) is 0 Å². The quantitative estimate of drug-likeness (QED) is 0.324. The molecular weight excluding hydrogens is 486 g/mol. The molecule has 9 heteroatoms. The Morgan fingerprint density at radius 1 is 1.17 bits per heavy atom. The van der Waals surface area contributed by atoms with Crippen LogP contribution in [0.25, 0.3) is 0 Å². The third-order valence-electron chi connectivity index (χ3n) is 9.50. The average molecular weight is 526 g/mol. The van der Waals surface area contributed by atoms with Gasteiger partial charge in [0.05, 0.1) is 12.7 Å². The molecule has 0 aromatic carbocycles. The lowest BCUT2D eigenvalue weighted by Crippen LogP contribution is -2.61. The van der Waals surface area contributed by atoms with Gasteiger partial charge >= 0.3 is 6.16 Å². The predicted molar refractivity (Wildman–Crippen MR) is 135 cm³/mol. The SMILES string of the molecule is C[C@]12C=CC(=O)C=C1CC[C@@H]1[C@@H]2[C@@H](O)C[C@@]2(C)[C@H]1CC[C@]2(O)C(=O)COC(=O)OCCCCCN.Cl. The predicted octanol–water partition coefficient (Wildman–Crippen LogP) is 3.27. The first-order chi connectivity index (χ1) is 16.6.